The van der Waals surface area contributed by atoms with E-state index in [2.05, 4.69) is 10.4 Å². The van der Waals surface area contributed by atoms with E-state index < -0.39 is 0 Å². The predicted molar refractivity (Wildman–Crippen MR) is 113 cm³/mol. The molecule has 0 fully saturated rings. The van der Waals surface area contributed by atoms with Crippen molar-refractivity contribution in [2.24, 2.45) is 0 Å². The third kappa shape index (κ3) is 4.38. The van der Waals surface area contributed by atoms with Crippen LogP contribution >= 0.6 is 11.6 Å². The van der Waals surface area contributed by atoms with Crippen molar-refractivity contribution in [2.75, 3.05) is 14.2 Å². The van der Waals surface area contributed by atoms with Crippen LogP contribution in [-0.4, -0.2) is 29.9 Å². The number of nitrogens with zero attached hydrogens (tertiary/aromatic N) is 2. The normalized spacial score (nSPS) is 10.8. The monoisotopic (exact) mass is 413 g/mol. The Morgan fingerprint density at radius 2 is 1.93 bits per heavy atom. The largest absolute Gasteiger partial charge is 0.493 e. The summed E-state index contributed by atoms with van der Waals surface area (Å²) in [5.41, 5.74) is 2.99. The van der Waals surface area contributed by atoms with Crippen LogP contribution in [0.5, 0.6) is 11.5 Å². The van der Waals surface area contributed by atoms with Crippen LogP contribution < -0.4 is 14.8 Å². The van der Waals surface area contributed by atoms with Crippen molar-refractivity contribution >= 4 is 17.5 Å². The minimum Gasteiger partial charge on any atom is -0.493 e. The van der Waals surface area contributed by atoms with Gasteiger partial charge in [-0.05, 0) is 30.2 Å². The number of benzene rings is 2. The number of amides is 1. The van der Waals surface area contributed by atoms with Crippen LogP contribution in [0.2, 0.25) is 5.02 Å². The van der Waals surface area contributed by atoms with Crippen LogP contribution in [-0.2, 0) is 6.54 Å². The molecule has 1 N–H and O–H groups in total. The second kappa shape index (κ2) is 9.01. The highest BCUT2D eigenvalue weighted by molar-refractivity contribution is 6.30. The molecular weight excluding hydrogens is 390 g/mol. The number of carbonyl (C=O) groups is 1. The highest BCUT2D eigenvalue weighted by Crippen LogP contribution is 2.31. The number of ether oxygens (including phenoxy) is 2. The summed E-state index contributed by atoms with van der Waals surface area (Å²) < 4.78 is 12.5. The summed E-state index contributed by atoms with van der Waals surface area (Å²) in [4.78, 5) is 12.9. The van der Waals surface area contributed by atoms with E-state index in [-0.39, 0.29) is 11.8 Å². The Kier molecular flexibility index (Phi) is 6.44. The molecule has 0 saturated heterocycles. The summed E-state index contributed by atoms with van der Waals surface area (Å²) in [7, 11) is 3.16. The van der Waals surface area contributed by atoms with E-state index in [0.29, 0.717) is 28.6 Å². The van der Waals surface area contributed by atoms with E-state index in [4.69, 9.17) is 21.1 Å². The molecule has 6 nitrogen and oxygen atoms in total. The van der Waals surface area contributed by atoms with E-state index in [1.165, 1.54) is 0 Å². The Labute approximate surface area is 175 Å². The van der Waals surface area contributed by atoms with Crippen molar-refractivity contribution in [3.05, 3.63) is 70.5 Å². The summed E-state index contributed by atoms with van der Waals surface area (Å²) in [6.45, 7) is 4.36. The first-order chi connectivity index (χ1) is 14.0. The van der Waals surface area contributed by atoms with Crippen LogP contribution in [0.1, 0.15) is 41.4 Å². The number of halogens is 1. The number of hydrogen-bond donors (Lipinski definition) is 1. The molecule has 0 aliphatic rings. The first kappa shape index (κ1) is 20.7. The summed E-state index contributed by atoms with van der Waals surface area (Å²) in [5, 5.41) is 8.01. The molecule has 0 aliphatic carbocycles. The van der Waals surface area contributed by atoms with Crippen molar-refractivity contribution in [2.45, 2.75) is 26.3 Å². The molecule has 3 aromatic rings. The van der Waals surface area contributed by atoms with Crippen molar-refractivity contribution < 1.29 is 14.3 Å². The molecule has 0 radical (unpaired) electrons. The third-order valence-electron chi connectivity index (χ3n) is 4.57. The molecule has 0 bridgehead atoms. The van der Waals surface area contributed by atoms with E-state index in [1.807, 2.05) is 50.2 Å². The topological polar surface area (TPSA) is 65.4 Å². The highest BCUT2D eigenvalue weighted by Gasteiger charge is 2.21. The van der Waals surface area contributed by atoms with Crippen molar-refractivity contribution in [3.8, 4) is 17.2 Å². The van der Waals surface area contributed by atoms with Gasteiger partial charge in [0.25, 0.3) is 5.91 Å². The van der Waals surface area contributed by atoms with E-state index in [0.717, 1.165) is 16.9 Å². The van der Waals surface area contributed by atoms with Gasteiger partial charge in [0.2, 0.25) is 0 Å². The van der Waals surface area contributed by atoms with Crippen LogP contribution in [0.25, 0.3) is 5.69 Å². The van der Waals surface area contributed by atoms with E-state index in [9.17, 15) is 4.79 Å². The Balaban J connectivity index is 1.87. The van der Waals surface area contributed by atoms with Crippen LogP contribution in [0.15, 0.2) is 48.7 Å². The Morgan fingerprint density at radius 3 is 2.59 bits per heavy atom. The third-order valence-corrected chi connectivity index (χ3v) is 4.81. The Hall–Kier alpha value is -2.99. The molecule has 0 spiro atoms. The van der Waals surface area contributed by atoms with Crippen LogP contribution in [0.4, 0.5) is 0 Å². The van der Waals surface area contributed by atoms with E-state index >= 15 is 0 Å². The second-order valence-corrected chi connectivity index (χ2v) is 7.26. The Morgan fingerprint density at radius 1 is 1.17 bits per heavy atom. The van der Waals surface area contributed by atoms with Crippen molar-refractivity contribution in [1.29, 1.82) is 0 Å². The highest BCUT2D eigenvalue weighted by atomic mass is 35.5. The molecule has 1 aromatic heterocycles. The summed E-state index contributed by atoms with van der Waals surface area (Å²) in [5.74, 6) is 1.11. The van der Waals surface area contributed by atoms with E-state index in [1.54, 1.807) is 31.2 Å². The molecule has 1 heterocycles. The number of nitrogens with one attached hydrogen (secondary N) is 1. The number of hydrogen-bond acceptors (Lipinski definition) is 4. The average Bonchev–Trinajstić information content (AvgIpc) is 3.17. The lowest BCUT2D eigenvalue weighted by molar-refractivity contribution is 0.0949. The smallest absolute Gasteiger partial charge is 0.255 e. The molecular formula is C22H24ClN3O3. The zero-order valence-electron chi connectivity index (χ0n) is 16.9. The molecule has 0 aliphatic heterocycles. The van der Waals surface area contributed by atoms with Gasteiger partial charge in [0, 0.05) is 17.1 Å². The number of para-hydroxylation sites is 1. The molecule has 1 amide bonds. The predicted octanol–water partition coefficient (Wildman–Crippen LogP) is 4.60. The standard InChI is InChI=1S/C22H24ClN3O3/c1-14(2)20-18(13-25-26(20)17-9-6-8-16(23)11-17)22(27)24-12-15-7-5-10-19(28-3)21(15)29-4/h5-11,13-14H,12H2,1-4H3,(H,24,27). The molecule has 7 heteroatoms. The molecule has 0 unspecified atom stereocenters. The minimum atomic E-state index is -0.202. The molecule has 152 valence electrons. The maximum atomic E-state index is 12.9. The SMILES string of the molecule is COc1cccc(CNC(=O)c2cnn(-c3cccc(Cl)c3)c2C(C)C)c1OC. The lowest BCUT2D eigenvalue weighted by Gasteiger charge is -2.15. The molecule has 3 rings (SSSR count). The maximum absolute atomic E-state index is 12.9. The molecule has 29 heavy (non-hydrogen) atoms. The van der Waals surface area contributed by atoms with Gasteiger partial charge in [0.1, 0.15) is 0 Å². The van der Waals surface area contributed by atoms with Gasteiger partial charge in [-0.15, -0.1) is 0 Å². The van der Waals surface area contributed by atoms with Gasteiger partial charge < -0.3 is 14.8 Å². The molecule has 0 saturated carbocycles. The van der Waals surface area contributed by atoms with Crippen LogP contribution in [0, 0.1) is 0 Å². The average molecular weight is 414 g/mol. The molecule has 0 atom stereocenters. The first-order valence-electron chi connectivity index (χ1n) is 9.28. The summed E-state index contributed by atoms with van der Waals surface area (Å²) in [6, 6.07) is 13.0. The van der Waals surface area contributed by atoms with Gasteiger partial charge in [-0.25, -0.2) is 4.68 Å². The minimum absolute atomic E-state index is 0.0867. The van der Waals surface area contributed by atoms with Gasteiger partial charge in [0.15, 0.2) is 11.5 Å². The quantitative estimate of drug-likeness (QED) is 0.615. The first-order valence-corrected chi connectivity index (χ1v) is 9.66. The lowest BCUT2D eigenvalue weighted by atomic mass is 10.0. The number of rotatable bonds is 7. The fourth-order valence-corrected chi connectivity index (χ4v) is 3.45. The Bertz CT molecular complexity index is 1010. The van der Waals surface area contributed by atoms with Crippen molar-refractivity contribution in [1.82, 2.24) is 15.1 Å². The maximum Gasteiger partial charge on any atom is 0.255 e. The van der Waals surface area contributed by atoms with Gasteiger partial charge in [-0.1, -0.05) is 43.6 Å². The van der Waals surface area contributed by atoms with Gasteiger partial charge in [-0.2, -0.15) is 5.10 Å². The van der Waals surface area contributed by atoms with Crippen molar-refractivity contribution in [3.63, 3.8) is 0 Å². The zero-order chi connectivity index (χ0) is 21.0. The number of carbonyl (C=O) groups excluding carboxylic acids is 1. The summed E-state index contributed by atoms with van der Waals surface area (Å²) in [6.07, 6.45) is 1.59. The van der Waals surface area contributed by atoms with Gasteiger partial charge in [0.05, 0.1) is 37.4 Å². The molecule has 2 aromatic carbocycles. The fourth-order valence-electron chi connectivity index (χ4n) is 3.27. The summed E-state index contributed by atoms with van der Waals surface area (Å²) >= 11 is 6.12. The lowest BCUT2D eigenvalue weighted by Crippen LogP contribution is -2.24. The zero-order valence-corrected chi connectivity index (χ0v) is 17.7. The number of aromatic nitrogens is 2. The fraction of sp³-hybridized carbons (Fsp3) is 0.273. The second-order valence-electron chi connectivity index (χ2n) is 6.83. The van der Waals surface area contributed by atoms with Gasteiger partial charge >= 0.3 is 0 Å². The number of methoxy groups -OCH3 is 2. The van der Waals surface area contributed by atoms with Crippen LogP contribution in [0.3, 0.4) is 0 Å². The van der Waals surface area contributed by atoms with Gasteiger partial charge in [-0.3, -0.25) is 4.79 Å².